The van der Waals surface area contributed by atoms with Crippen molar-refractivity contribution < 1.29 is 9.84 Å². The van der Waals surface area contributed by atoms with Gasteiger partial charge in [-0.1, -0.05) is 0 Å². The smallest absolute Gasteiger partial charge is 0.119 e. The Hall–Kier alpha value is -1.52. The van der Waals surface area contributed by atoms with Crippen LogP contribution in [0, 0.1) is 6.92 Å². The minimum absolute atomic E-state index is 0.220. The van der Waals surface area contributed by atoms with Gasteiger partial charge in [0.2, 0.25) is 0 Å². The van der Waals surface area contributed by atoms with Gasteiger partial charge in [-0.05, 0) is 43.3 Å². The van der Waals surface area contributed by atoms with Crippen LogP contribution in [0.15, 0.2) is 36.4 Å². The van der Waals surface area contributed by atoms with Crippen molar-refractivity contribution in [1.29, 1.82) is 0 Å². The van der Waals surface area contributed by atoms with E-state index in [1.165, 1.54) is 9.75 Å². The van der Waals surface area contributed by atoms with Crippen LogP contribution >= 0.6 is 11.3 Å². The fourth-order valence-corrected chi connectivity index (χ4v) is 2.65. The molecular formula is C14H17NO2S. The van der Waals surface area contributed by atoms with Crippen LogP contribution in [0.1, 0.15) is 15.7 Å². The number of ether oxygens (including phenoxy) is 1. The van der Waals surface area contributed by atoms with Crippen molar-refractivity contribution in [2.24, 2.45) is 5.73 Å². The second-order valence-corrected chi connectivity index (χ2v) is 5.51. The number of phenolic OH excluding ortho intramolecular Hbond substituents is 1. The second kappa shape index (κ2) is 5.89. The first-order valence-corrected chi connectivity index (χ1v) is 6.69. The third-order valence-electron chi connectivity index (χ3n) is 2.74. The number of hydrogen-bond donors (Lipinski definition) is 2. The Morgan fingerprint density at radius 3 is 2.50 bits per heavy atom. The van der Waals surface area contributed by atoms with Crippen LogP contribution in [0.3, 0.4) is 0 Å². The topological polar surface area (TPSA) is 55.5 Å². The molecule has 1 aromatic heterocycles. The summed E-state index contributed by atoms with van der Waals surface area (Å²) >= 11 is 1.76. The normalized spacial score (nSPS) is 12.3. The van der Waals surface area contributed by atoms with E-state index in [-0.39, 0.29) is 11.7 Å². The molecule has 0 amide bonds. The van der Waals surface area contributed by atoms with Crippen molar-refractivity contribution in [3.05, 3.63) is 46.2 Å². The predicted molar refractivity (Wildman–Crippen MR) is 74.5 cm³/mol. The summed E-state index contributed by atoms with van der Waals surface area (Å²) in [5, 5.41) is 9.19. The van der Waals surface area contributed by atoms with E-state index < -0.39 is 0 Å². The van der Waals surface area contributed by atoms with E-state index in [9.17, 15) is 5.11 Å². The van der Waals surface area contributed by atoms with Crippen LogP contribution in [-0.2, 0) is 0 Å². The SMILES string of the molecule is Cc1ccc(C(CN)COc2ccc(O)cc2)s1. The quantitative estimate of drug-likeness (QED) is 0.872. The Morgan fingerprint density at radius 1 is 1.22 bits per heavy atom. The second-order valence-electron chi connectivity index (χ2n) is 4.19. The molecule has 96 valence electrons. The number of aromatic hydroxyl groups is 1. The van der Waals surface area contributed by atoms with Crippen molar-refractivity contribution in [3.63, 3.8) is 0 Å². The van der Waals surface area contributed by atoms with Gasteiger partial charge in [0.1, 0.15) is 11.5 Å². The third kappa shape index (κ3) is 3.24. The molecule has 0 saturated carbocycles. The summed E-state index contributed by atoms with van der Waals surface area (Å²) in [4.78, 5) is 2.54. The molecule has 3 nitrogen and oxygen atoms in total. The lowest BCUT2D eigenvalue weighted by Gasteiger charge is -2.14. The first kappa shape index (κ1) is 12.9. The third-order valence-corrected chi connectivity index (χ3v) is 3.90. The summed E-state index contributed by atoms with van der Waals surface area (Å²) in [5.74, 6) is 1.21. The number of nitrogens with two attached hydrogens (primary N) is 1. The van der Waals surface area contributed by atoms with Crippen LogP contribution in [0.25, 0.3) is 0 Å². The Bertz CT molecular complexity index is 493. The van der Waals surface area contributed by atoms with Crippen LogP contribution in [-0.4, -0.2) is 18.3 Å². The summed E-state index contributed by atoms with van der Waals surface area (Å²) in [6.07, 6.45) is 0. The molecule has 2 rings (SSSR count). The van der Waals surface area contributed by atoms with Gasteiger partial charge in [-0.15, -0.1) is 11.3 Å². The first-order valence-electron chi connectivity index (χ1n) is 5.87. The summed E-state index contributed by atoms with van der Waals surface area (Å²) in [6.45, 7) is 3.21. The molecule has 4 heteroatoms. The van der Waals surface area contributed by atoms with E-state index >= 15 is 0 Å². The molecule has 0 radical (unpaired) electrons. The molecule has 1 heterocycles. The fraction of sp³-hybridized carbons (Fsp3) is 0.286. The van der Waals surface area contributed by atoms with E-state index in [0.29, 0.717) is 13.2 Å². The fourth-order valence-electron chi connectivity index (χ4n) is 1.68. The van der Waals surface area contributed by atoms with E-state index in [2.05, 4.69) is 19.1 Å². The van der Waals surface area contributed by atoms with Crippen molar-refractivity contribution in [2.45, 2.75) is 12.8 Å². The largest absolute Gasteiger partial charge is 0.508 e. The number of thiophene rings is 1. The van der Waals surface area contributed by atoms with Gasteiger partial charge in [0, 0.05) is 22.2 Å². The average molecular weight is 263 g/mol. The van der Waals surface area contributed by atoms with Gasteiger partial charge in [0.25, 0.3) is 0 Å². The maximum atomic E-state index is 9.19. The van der Waals surface area contributed by atoms with Gasteiger partial charge >= 0.3 is 0 Å². The predicted octanol–water partition coefficient (Wildman–Crippen LogP) is 2.88. The first-order chi connectivity index (χ1) is 8.69. The van der Waals surface area contributed by atoms with Crippen LogP contribution in [0.5, 0.6) is 11.5 Å². The highest BCUT2D eigenvalue weighted by Crippen LogP contribution is 2.25. The molecular weight excluding hydrogens is 246 g/mol. The van der Waals surface area contributed by atoms with Gasteiger partial charge in [0.05, 0.1) is 6.61 Å². The van der Waals surface area contributed by atoms with Gasteiger partial charge in [-0.3, -0.25) is 0 Å². The summed E-state index contributed by atoms with van der Waals surface area (Å²) in [7, 11) is 0. The Kier molecular flexibility index (Phi) is 4.23. The van der Waals surface area contributed by atoms with Crippen molar-refractivity contribution in [3.8, 4) is 11.5 Å². The van der Waals surface area contributed by atoms with E-state index in [1.54, 1.807) is 35.6 Å². The molecule has 0 saturated heterocycles. The molecule has 0 bridgehead atoms. The molecule has 0 spiro atoms. The van der Waals surface area contributed by atoms with Crippen LogP contribution < -0.4 is 10.5 Å². The standard InChI is InChI=1S/C14H17NO2S/c1-10-2-7-14(18-10)11(8-15)9-17-13-5-3-12(16)4-6-13/h2-7,11,16H,8-9,15H2,1H3. The zero-order valence-electron chi connectivity index (χ0n) is 10.3. The zero-order chi connectivity index (χ0) is 13.0. The van der Waals surface area contributed by atoms with Crippen molar-refractivity contribution >= 4 is 11.3 Å². The van der Waals surface area contributed by atoms with Crippen LogP contribution in [0.4, 0.5) is 0 Å². The number of rotatable bonds is 5. The maximum Gasteiger partial charge on any atom is 0.119 e. The molecule has 1 aromatic carbocycles. The Labute approximate surface area is 111 Å². The van der Waals surface area contributed by atoms with E-state index in [4.69, 9.17) is 10.5 Å². The minimum Gasteiger partial charge on any atom is -0.508 e. The van der Waals surface area contributed by atoms with E-state index in [1.807, 2.05) is 0 Å². The van der Waals surface area contributed by atoms with Crippen molar-refractivity contribution in [2.75, 3.05) is 13.2 Å². The lowest BCUT2D eigenvalue weighted by atomic mass is 10.1. The highest BCUT2D eigenvalue weighted by atomic mass is 32.1. The Balaban J connectivity index is 1.97. The monoisotopic (exact) mass is 263 g/mol. The molecule has 0 fully saturated rings. The lowest BCUT2D eigenvalue weighted by Crippen LogP contribution is -2.18. The molecule has 3 N–H and O–H groups in total. The number of benzene rings is 1. The van der Waals surface area contributed by atoms with Crippen LogP contribution in [0.2, 0.25) is 0 Å². The average Bonchev–Trinajstić information content (AvgIpc) is 2.79. The summed E-state index contributed by atoms with van der Waals surface area (Å²) in [6, 6.07) is 10.9. The van der Waals surface area contributed by atoms with Crippen molar-refractivity contribution in [1.82, 2.24) is 0 Å². The number of aryl methyl sites for hydroxylation is 1. The highest BCUT2D eigenvalue weighted by Gasteiger charge is 2.12. The molecule has 0 aliphatic carbocycles. The van der Waals surface area contributed by atoms with Gasteiger partial charge in [-0.2, -0.15) is 0 Å². The maximum absolute atomic E-state index is 9.19. The highest BCUT2D eigenvalue weighted by molar-refractivity contribution is 7.12. The summed E-state index contributed by atoms with van der Waals surface area (Å²) < 4.78 is 5.69. The number of phenols is 1. The summed E-state index contributed by atoms with van der Waals surface area (Å²) in [5.41, 5.74) is 5.79. The van der Waals surface area contributed by atoms with E-state index in [0.717, 1.165) is 5.75 Å². The Morgan fingerprint density at radius 2 is 1.94 bits per heavy atom. The molecule has 2 aromatic rings. The molecule has 1 unspecified atom stereocenters. The molecule has 0 aliphatic rings. The van der Waals surface area contributed by atoms with Gasteiger partial charge in [-0.25, -0.2) is 0 Å². The minimum atomic E-state index is 0.220. The zero-order valence-corrected chi connectivity index (χ0v) is 11.1. The molecule has 0 aliphatic heterocycles. The van der Waals surface area contributed by atoms with Gasteiger partial charge < -0.3 is 15.6 Å². The van der Waals surface area contributed by atoms with Gasteiger partial charge in [0.15, 0.2) is 0 Å². The molecule has 1 atom stereocenters. The number of hydrogen-bond acceptors (Lipinski definition) is 4. The molecule has 18 heavy (non-hydrogen) atoms. The lowest BCUT2D eigenvalue weighted by molar-refractivity contribution is 0.291.